The van der Waals surface area contributed by atoms with Gasteiger partial charge in [-0.05, 0) is 51.7 Å². The Morgan fingerprint density at radius 1 is 1.02 bits per heavy atom. The van der Waals surface area contributed by atoms with Crippen LogP contribution in [-0.4, -0.2) is 119 Å². The van der Waals surface area contributed by atoms with Gasteiger partial charge in [0, 0.05) is 50.5 Å². The lowest BCUT2D eigenvalue weighted by Crippen LogP contribution is -2.34. The number of amides is 4. The number of aliphatic hydroxyl groups is 1. The van der Waals surface area contributed by atoms with Crippen LogP contribution in [0, 0.1) is 11.8 Å². The van der Waals surface area contributed by atoms with Crippen LogP contribution >= 0.6 is 35.2 Å². The van der Waals surface area contributed by atoms with Gasteiger partial charge in [-0.15, -0.1) is 0 Å². The average Bonchev–Trinajstić information content (AvgIpc) is 3.65. The predicted octanol–water partition coefficient (Wildman–Crippen LogP) is 0.924. The normalized spacial score (nSPS) is 18.4. The van der Waals surface area contributed by atoms with E-state index in [1.54, 1.807) is 11.8 Å². The molecule has 338 valence electrons. The number of hydrogen-bond acceptors (Lipinski definition) is 15. The summed E-state index contributed by atoms with van der Waals surface area (Å²) in [4.78, 5) is 91.8. The Kier molecular flexibility index (Phi) is 20.7. The van der Waals surface area contributed by atoms with Gasteiger partial charge in [-0.3, -0.25) is 23.9 Å². The molecule has 12 N–H and O–H groups in total. The van der Waals surface area contributed by atoms with E-state index in [0.29, 0.717) is 19.4 Å². The topological polar surface area (TPSA) is 365 Å². The molecule has 28 heteroatoms. The van der Waals surface area contributed by atoms with E-state index in [1.807, 2.05) is 6.92 Å². The highest BCUT2D eigenvalue weighted by molar-refractivity contribution is 7.99. The molecule has 1 aliphatic heterocycles. The van der Waals surface area contributed by atoms with Crippen molar-refractivity contribution in [3.63, 3.8) is 0 Å². The van der Waals surface area contributed by atoms with Crippen molar-refractivity contribution in [2.45, 2.75) is 96.1 Å². The van der Waals surface area contributed by atoms with Crippen LogP contribution < -0.4 is 32.6 Å². The molecule has 60 heavy (non-hydrogen) atoms. The van der Waals surface area contributed by atoms with E-state index in [2.05, 4.69) is 56.2 Å². The molecule has 3 rings (SSSR count). The molecule has 1 aliphatic rings. The summed E-state index contributed by atoms with van der Waals surface area (Å²) in [6.45, 7) is 3.04. The first kappa shape index (κ1) is 51.0. The van der Waals surface area contributed by atoms with E-state index in [-0.39, 0.29) is 85.0 Å². The van der Waals surface area contributed by atoms with Gasteiger partial charge in [0.25, 0.3) is 5.56 Å². The van der Waals surface area contributed by atoms with Crippen molar-refractivity contribution < 1.29 is 70.6 Å². The van der Waals surface area contributed by atoms with Crippen LogP contribution in [0.3, 0.4) is 0 Å². The number of ether oxygens (including phenoxy) is 1. The SMILES string of the molecule is CCOC(COP(=O)(O)OP(=O)(O)OP(=O)(O)O)[C@H](O)CCn1cc(C#CCNC(=O)CCCCCNC(=O)CCCCSCC2NC(=O)NC2C)c2c(=O)[nH]c(N)nc21. The van der Waals surface area contributed by atoms with Gasteiger partial charge < -0.3 is 61.0 Å². The molecule has 4 amide bonds. The molecule has 2 aromatic heterocycles. The molecule has 0 aliphatic carbocycles. The van der Waals surface area contributed by atoms with Crippen molar-refractivity contribution >= 4 is 70.1 Å². The minimum Gasteiger partial charge on any atom is -0.390 e. The number of aromatic amines is 1. The summed E-state index contributed by atoms with van der Waals surface area (Å²) in [6.07, 6.45) is 3.01. The number of unbranched alkanes of at least 4 members (excludes halogenated alkanes) is 3. The molecule has 0 saturated carbocycles. The van der Waals surface area contributed by atoms with E-state index >= 15 is 0 Å². The van der Waals surface area contributed by atoms with Crippen LogP contribution in [0.15, 0.2) is 11.0 Å². The van der Waals surface area contributed by atoms with Gasteiger partial charge in [-0.1, -0.05) is 18.3 Å². The Morgan fingerprint density at radius 3 is 2.38 bits per heavy atom. The third kappa shape index (κ3) is 18.7. The van der Waals surface area contributed by atoms with Gasteiger partial charge in [0.05, 0.1) is 36.2 Å². The van der Waals surface area contributed by atoms with E-state index in [0.717, 1.165) is 37.2 Å². The van der Waals surface area contributed by atoms with Gasteiger partial charge >= 0.3 is 29.5 Å². The second-order valence-corrected chi connectivity index (χ2v) is 19.0. The maximum absolute atomic E-state index is 12.8. The van der Waals surface area contributed by atoms with Crippen LogP contribution in [0.1, 0.15) is 70.8 Å². The zero-order chi connectivity index (χ0) is 44.5. The summed E-state index contributed by atoms with van der Waals surface area (Å²) in [6, 6.07) is 0.0822. The fourth-order valence-corrected chi connectivity index (χ4v) is 9.92. The summed E-state index contributed by atoms with van der Waals surface area (Å²) < 4.78 is 53.5. The lowest BCUT2D eigenvalue weighted by molar-refractivity contribution is -0.122. The fraction of sp³-hybridized carbons (Fsp3) is 0.656. The van der Waals surface area contributed by atoms with Crippen molar-refractivity contribution in [1.29, 1.82) is 0 Å². The zero-order valence-corrected chi connectivity index (χ0v) is 36.4. The van der Waals surface area contributed by atoms with E-state index in [4.69, 9.17) is 20.3 Å². The van der Waals surface area contributed by atoms with Crippen molar-refractivity contribution in [2.75, 3.05) is 43.5 Å². The largest absolute Gasteiger partial charge is 0.490 e. The molecule has 6 atom stereocenters. The van der Waals surface area contributed by atoms with Crippen LogP contribution in [0.5, 0.6) is 0 Å². The molecule has 1 fully saturated rings. The Balaban J connectivity index is 1.40. The quantitative estimate of drug-likeness (QED) is 0.0337. The summed E-state index contributed by atoms with van der Waals surface area (Å²) in [5, 5.41) is 22.2. The maximum atomic E-state index is 12.8. The monoisotopic (exact) mass is 930 g/mol. The number of nitrogens with two attached hydrogens (primary N) is 1. The van der Waals surface area contributed by atoms with Gasteiger partial charge in [0.15, 0.2) is 5.65 Å². The predicted molar refractivity (Wildman–Crippen MR) is 218 cm³/mol. The highest BCUT2D eigenvalue weighted by atomic mass is 32.2. The van der Waals surface area contributed by atoms with Crippen LogP contribution in [0.25, 0.3) is 11.0 Å². The molecule has 2 aromatic rings. The number of rotatable bonds is 27. The van der Waals surface area contributed by atoms with Gasteiger partial charge in [-0.2, -0.15) is 25.4 Å². The fourth-order valence-electron chi connectivity index (χ4n) is 5.69. The number of fused-ring (bicyclic) bond motifs is 1. The number of aryl methyl sites for hydroxylation is 1. The van der Waals surface area contributed by atoms with E-state index < -0.39 is 47.8 Å². The first-order chi connectivity index (χ1) is 28.2. The van der Waals surface area contributed by atoms with Crippen LogP contribution in [0.4, 0.5) is 10.7 Å². The highest BCUT2D eigenvalue weighted by Gasteiger charge is 2.41. The second-order valence-electron chi connectivity index (χ2n) is 13.4. The molecule has 24 nitrogen and oxygen atoms in total. The van der Waals surface area contributed by atoms with Gasteiger partial charge in [0.1, 0.15) is 6.10 Å². The van der Waals surface area contributed by atoms with Crippen molar-refractivity contribution in [1.82, 2.24) is 35.8 Å². The number of urea groups is 1. The van der Waals surface area contributed by atoms with Crippen LogP contribution in [-0.2, 0) is 47.7 Å². The number of nitrogen functional groups attached to an aromatic ring is 1. The van der Waals surface area contributed by atoms with Crippen molar-refractivity contribution in [2.24, 2.45) is 0 Å². The van der Waals surface area contributed by atoms with E-state index in [9.17, 15) is 47.8 Å². The first-order valence-electron chi connectivity index (χ1n) is 18.8. The number of anilines is 1. The Hall–Kier alpha value is -3.33. The van der Waals surface area contributed by atoms with Crippen molar-refractivity contribution in [3.05, 3.63) is 22.1 Å². The molecule has 0 spiro atoms. The van der Waals surface area contributed by atoms with E-state index in [1.165, 1.54) is 17.7 Å². The molecule has 1 saturated heterocycles. The molecule has 5 unspecified atom stereocenters. The number of carbonyl (C=O) groups excluding carboxylic acids is 3. The highest BCUT2D eigenvalue weighted by Crippen LogP contribution is 2.66. The third-order valence-corrected chi connectivity index (χ3v) is 13.5. The molecule has 3 heterocycles. The average molecular weight is 931 g/mol. The smallest absolute Gasteiger partial charge is 0.390 e. The maximum Gasteiger partial charge on any atom is 0.490 e. The first-order valence-corrected chi connectivity index (χ1v) is 24.5. The lowest BCUT2D eigenvalue weighted by Gasteiger charge is -2.24. The second kappa shape index (κ2) is 24.3. The zero-order valence-electron chi connectivity index (χ0n) is 32.9. The minimum atomic E-state index is -5.75. The number of aromatic nitrogens is 3. The summed E-state index contributed by atoms with van der Waals surface area (Å²) in [5.74, 6) is 6.92. The number of thioether (sulfide) groups is 1. The Labute approximate surface area is 349 Å². The van der Waals surface area contributed by atoms with Gasteiger partial charge in [0.2, 0.25) is 17.8 Å². The Bertz CT molecular complexity index is 2040. The molecule has 0 bridgehead atoms. The van der Waals surface area contributed by atoms with Crippen LogP contribution in [0.2, 0.25) is 0 Å². The molecular formula is C32H53N8O16P3S. The standard InChI is InChI=1S/C32H53N8O16P3S/c1-3-53-25(19-54-58(49,50)56-59(51,52)55-57(46,47)48)24(41)13-16-40-18-22(28-29(40)38-31(33)39-30(28)44)10-9-15-35-26(42)11-5-4-7-14-34-27(43)12-6-8-17-60-20-23-21(2)36-32(45)37-23/h18,21,23-25,41H,3-8,11-17,19-20H2,1-2H3,(H,34,43)(H,35,42)(H,49,50)(H,51,52)(H2,36,37,45)(H2,46,47,48)(H3,33,38,39,44)/t21?,23?,24-,25?/m1/s1. The molecule has 0 radical (unpaired) electrons. The number of hydrogen-bond donors (Lipinski definition) is 11. The number of H-pyrrole nitrogens is 1. The summed E-state index contributed by atoms with van der Waals surface area (Å²) in [5.41, 5.74) is 5.52. The number of carbonyl (C=O) groups is 3. The van der Waals surface area contributed by atoms with Crippen molar-refractivity contribution in [3.8, 4) is 11.8 Å². The Morgan fingerprint density at radius 2 is 1.72 bits per heavy atom. The number of nitrogens with zero attached hydrogens (tertiary/aromatic N) is 2. The molecular weight excluding hydrogens is 877 g/mol. The lowest BCUT2D eigenvalue weighted by atomic mass is 10.1. The third-order valence-electron chi connectivity index (χ3n) is 8.56. The number of phosphoric ester groups is 1. The number of aliphatic hydroxyl groups excluding tert-OH is 1. The van der Waals surface area contributed by atoms with Gasteiger partial charge in [-0.25, -0.2) is 18.5 Å². The summed E-state index contributed by atoms with van der Waals surface area (Å²) in [7, 11) is -16.8. The molecule has 0 aromatic carbocycles. The minimum absolute atomic E-state index is 0.0111. The summed E-state index contributed by atoms with van der Waals surface area (Å²) >= 11 is 1.75. The number of phosphoric acid groups is 3. The number of nitrogens with one attached hydrogen (secondary N) is 5.